The molecule has 0 bridgehead atoms. The van der Waals surface area contributed by atoms with E-state index in [0.29, 0.717) is 33.0 Å². The largest absolute Gasteiger partial charge is 0.497 e. The van der Waals surface area contributed by atoms with Crippen LogP contribution in [0.15, 0.2) is 46.2 Å². The number of thioether (sulfide) groups is 1. The number of hydrogen-bond donors (Lipinski definition) is 1. The number of amides is 1. The molecule has 3 aromatic heterocycles. The van der Waals surface area contributed by atoms with Crippen molar-refractivity contribution in [2.45, 2.75) is 24.9 Å². The molecule has 0 saturated carbocycles. The van der Waals surface area contributed by atoms with Gasteiger partial charge in [0.05, 0.1) is 20.0 Å². The van der Waals surface area contributed by atoms with Crippen LogP contribution in [0.4, 0.5) is 5.00 Å². The fourth-order valence-electron chi connectivity index (χ4n) is 3.50. The summed E-state index contributed by atoms with van der Waals surface area (Å²) in [7, 11) is 4.80. The lowest BCUT2D eigenvalue weighted by Gasteiger charge is -2.08. The number of methoxy groups -OCH3 is 2. The molecule has 0 unspecified atom stereocenters. The van der Waals surface area contributed by atoms with Gasteiger partial charge in [-0.15, -0.1) is 32.9 Å². The van der Waals surface area contributed by atoms with E-state index in [9.17, 15) is 9.59 Å². The van der Waals surface area contributed by atoms with Crippen LogP contribution in [0, 0.1) is 0 Å². The summed E-state index contributed by atoms with van der Waals surface area (Å²) in [5, 5.41) is 16.4. The summed E-state index contributed by atoms with van der Waals surface area (Å²) in [6.07, 6.45) is 0. The summed E-state index contributed by atoms with van der Waals surface area (Å²) in [5.74, 6) is 1.27. The molecule has 4 rings (SSSR count). The van der Waals surface area contributed by atoms with E-state index in [1.807, 2.05) is 41.3 Å². The van der Waals surface area contributed by atoms with Gasteiger partial charge >= 0.3 is 5.97 Å². The highest BCUT2D eigenvalue weighted by Gasteiger charge is 2.23. The van der Waals surface area contributed by atoms with Gasteiger partial charge in [-0.05, 0) is 29.7 Å². The molecule has 0 radical (unpaired) electrons. The predicted molar refractivity (Wildman–Crippen MR) is 145 cm³/mol. The number of benzene rings is 1. The molecule has 0 aliphatic carbocycles. The molecule has 3 heterocycles. The Hall–Kier alpha value is -3.15. The molecule has 0 saturated heterocycles. The van der Waals surface area contributed by atoms with Crippen LogP contribution in [0.3, 0.4) is 0 Å². The van der Waals surface area contributed by atoms with Crippen LogP contribution >= 0.6 is 34.4 Å². The smallest absolute Gasteiger partial charge is 0.341 e. The summed E-state index contributed by atoms with van der Waals surface area (Å²) >= 11 is 4.27. The van der Waals surface area contributed by atoms with E-state index in [1.54, 1.807) is 18.4 Å². The second kappa shape index (κ2) is 11.3. The Labute approximate surface area is 221 Å². The van der Waals surface area contributed by atoms with Crippen molar-refractivity contribution in [1.82, 2.24) is 14.8 Å². The first kappa shape index (κ1) is 25.9. The fourth-order valence-corrected chi connectivity index (χ4v) is 6.08. The normalized spacial score (nSPS) is 11.1. The van der Waals surface area contributed by atoms with Gasteiger partial charge in [0.25, 0.3) is 0 Å². The van der Waals surface area contributed by atoms with Crippen LogP contribution in [-0.2, 0) is 16.6 Å². The van der Waals surface area contributed by atoms with Gasteiger partial charge in [-0.3, -0.25) is 4.79 Å². The quantitative estimate of drug-likeness (QED) is 0.207. The van der Waals surface area contributed by atoms with Crippen molar-refractivity contribution >= 4 is 51.3 Å². The van der Waals surface area contributed by atoms with Gasteiger partial charge in [-0.2, -0.15) is 0 Å². The Bertz CT molecular complexity index is 1370. The second-order valence-electron chi connectivity index (χ2n) is 8.17. The number of nitrogens with zero attached hydrogens (tertiary/aromatic N) is 3. The maximum atomic E-state index is 12.8. The van der Waals surface area contributed by atoms with E-state index in [-0.39, 0.29) is 11.7 Å². The molecule has 0 fully saturated rings. The minimum atomic E-state index is -0.514. The monoisotopic (exact) mass is 542 g/mol. The maximum absolute atomic E-state index is 12.8. The highest BCUT2D eigenvalue weighted by atomic mass is 32.2. The van der Waals surface area contributed by atoms with Crippen LogP contribution in [0.2, 0.25) is 0 Å². The van der Waals surface area contributed by atoms with Gasteiger partial charge in [0.15, 0.2) is 11.0 Å². The average Bonchev–Trinajstić information content (AvgIpc) is 3.61. The Morgan fingerprint density at radius 1 is 1.08 bits per heavy atom. The Morgan fingerprint density at radius 2 is 1.83 bits per heavy atom. The number of ether oxygens (including phenoxy) is 2. The molecule has 8 nitrogen and oxygen atoms in total. The number of carbonyl (C=O) groups is 2. The molecule has 188 valence electrons. The van der Waals surface area contributed by atoms with Crippen molar-refractivity contribution in [3.63, 3.8) is 0 Å². The van der Waals surface area contributed by atoms with E-state index in [1.165, 1.54) is 35.1 Å². The Kier molecular flexibility index (Phi) is 8.12. The van der Waals surface area contributed by atoms with Gasteiger partial charge in [0.2, 0.25) is 5.91 Å². The summed E-state index contributed by atoms with van der Waals surface area (Å²) in [6.45, 7) is 4.32. The van der Waals surface area contributed by atoms with Gasteiger partial charge in [-0.25, -0.2) is 4.79 Å². The molecule has 36 heavy (non-hydrogen) atoms. The van der Waals surface area contributed by atoms with Crippen LogP contribution < -0.4 is 10.1 Å². The lowest BCUT2D eigenvalue weighted by Crippen LogP contribution is -2.16. The zero-order valence-electron chi connectivity index (χ0n) is 20.5. The number of esters is 1. The van der Waals surface area contributed by atoms with Crippen molar-refractivity contribution in [1.29, 1.82) is 0 Å². The van der Waals surface area contributed by atoms with Crippen LogP contribution in [0.5, 0.6) is 5.75 Å². The number of hydrogen-bond acceptors (Lipinski definition) is 9. The second-order valence-corrected chi connectivity index (χ2v) is 10.9. The summed E-state index contributed by atoms with van der Waals surface area (Å²) in [4.78, 5) is 26.7. The van der Waals surface area contributed by atoms with Gasteiger partial charge in [-0.1, -0.05) is 37.7 Å². The van der Waals surface area contributed by atoms with Crippen molar-refractivity contribution in [2.24, 2.45) is 7.05 Å². The standard InChI is InChI=1S/C25H26N4O4S3/c1-14(2)19-10-16(11-34-19)22-27-28-25(29(22)3)36-13-20(30)26-23-21(24(31)33-5)18(12-35-23)15-6-8-17(32-4)9-7-15/h6-12,14H,13H2,1-5H3,(H,26,30). The van der Waals surface area contributed by atoms with Crippen LogP contribution in [-0.4, -0.2) is 46.6 Å². The molecule has 0 atom stereocenters. The topological polar surface area (TPSA) is 95.3 Å². The van der Waals surface area contributed by atoms with E-state index in [4.69, 9.17) is 9.47 Å². The van der Waals surface area contributed by atoms with E-state index < -0.39 is 5.97 Å². The van der Waals surface area contributed by atoms with Gasteiger partial charge in [0, 0.05) is 33.8 Å². The third-order valence-electron chi connectivity index (χ3n) is 5.45. The molecular formula is C25H26N4O4S3. The Morgan fingerprint density at radius 3 is 2.47 bits per heavy atom. The molecule has 0 spiro atoms. The summed E-state index contributed by atoms with van der Waals surface area (Å²) in [6, 6.07) is 9.48. The van der Waals surface area contributed by atoms with Crippen molar-refractivity contribution in [2.75, 3.05) is 25.3 Å². The summed E-state index contributed by atoms with van der Waals surface area (Å²) < 4.78 is 12.1. The minimum absolute atomic E-state index is 0.114. The minimum Gasteiger partial charge on any atom is -0.497 e. The van der Waals surface area contributed by atoms with Crippen LogP contribution in [0.1, 0.15) is 35.0 Å². The number of carbonyl (C=O) groups excluding carboxylic acids is 2. The third-order valence-corrected chi connectivity index (χ3v) is 8.60. The average molecular weight is 543 g/mol. The molecule has 1 N–H and O–H groups in total. The maximum Gasteiger partial charge on any atom is 0.341 e. The number of thiophene rings is 2. The fraction of sp³-hybridized carbons (Fsp3) is 0.280. The molecule has 4 aromatic rings. The molecule has 1 amide bonds. The highest BCUT2D eigenvalue weighted by molar-refractivity contribution is 7.99. The number of nitrogens with one attached hydrogen (secondary N) is 1. The molecular weight excluding hydrogens is 517 g/mol. The molecule has 1 aromatic carbocycles. The number of rotatable bonds is 9. The van der Waals surface area contributed by atoms with Crippen molar-refractivity contribution < 1.29 is 19.1 Å². The third kappa shape index (κ3) is 5.48. The Balaban J connectivity index is 1.47. The first-order chi connectivity index (χ1) is 17.3. The number of aromatic nitrogens is 3. The van der Waals surface area contributed by atoms with Gasteiger partial charge < -0.3 is 19.4 Å². The lowest BCUT2D eigenvalue weighted by atomic mass is 10.0. The molecule has 0 aliphatic rings. The summed E-state index contributed by atoms with van der Waals surface area (Å²) in [5.41, 5.74) is 2.85. The predicted octanol–water partition coefficient (Wildman–Crippen LogP) is 5.92. The van der Waals surface area contributed by atoms with E-state index in [2.05, 4.69) is 40.8 Å². The van der Waals surface area contributed by atoms with Crippen molar-refractivity contribution in [3.05, 3.63) is 51.5 Å². The van der Waals surface area contributed by atoms with E-state index in [0.717, 1.165) is 17.0 Å². The zero-order valence-corrected chi connectivity index (χ0v) is 23.0. The zero-order chi connectivity index (χ0) is 25.8. The first-order valence-electron chi connectivity index (χ1n) is 11.1. The van der Waals surface area contributed by atoms with Gasteiger partial charge in [0.1, 0.15) is 16.3 Å². The first-order valence-corrected chi connectivity index (χ1v) is 13.8. The number of anilines is 1. The van der Waals surface area contributed by atoms with E-state index >= 15 is 0 Å². The molecule has 0 aliphatic heterocycles. The van der Waals surface area contributed by atoms with Crippen LogP contribution in [0.25, 0.3) is 22.5 Å². The van der Waals surface area contributed by atoms with Crippen molar-refractivity contribution in [3.8, 4) is 28.3 Å². The molecule has 11 heteroatoms. The lowest BCUT2D eigenvalue weighted by molar-refractivity contribution is -0.113. The SMILES string of the molecule is COC(=O)c1c(-c2ccc(OC)cc2)csc1NC(=O)CSc1nnc(-c2csc(C(C)C)c2)n1C. The highest BCUT2D eigenvalue weighted by Crippen LogP contribution is 2.37.